The van der Waals surface area contributed by atoms with Gasteiger partial charge in [-0.2, -0.15) is 23.4 Å². The molecule has 0 radical (unpaired) electrons. The summed E-state index contributed by atoms with van der Waals surface area (Å²) in [5, 5.41) is 0. The standard InChI is InChI=1S/C3H6.AsH3.H3P.H2S/c1-3-2;;;/h3H,1H2,2H3;2*1H3;1H2. The molecule has 0 saturated carbocycles. The molecule has 0 heterocycles. The van der Waals surface area contributed by atoms with E-state index in [1.165, 1.54) is 0 Å². The van der Waals surface area contributed by atoms with Crippen LogP contribution in [0.4, 0.5) is 0 Å². The molecular weight excluding hydrogens is 174 g/mol. The van der Waals surface area contributed by atoms with Crippen LogP contribution in [-0.2, 0) is 0 Å². The molecule has 0 N–H and O–H groups in total. The van der Waals surface area contributed by atoms with Gasteiger partial charge in [0.05, 0.1) is 0 Å². The van der Waals surface area contributed by atoms with Crippen LogP contribution in [0.15, 0.2) is 12.7 Å². The number of rotatable bonds is 0. The second kappa shape index (κ2) is 36.3. The predicted octanol–water partition coefficient (Wildman–Crippen LogP) is 0.179. The molecule has 0 amide bonds. The molecule has 0 aromatic heterocycles. The minimum absolute atomic E-state index is 0. The quantitative estimate of drug-likeness (QED) is 0.289. The van der Waals surface area contributed by atoms with Crippen molar-refractivity contribution in [3.05, 3.63) is 12.7 Å². The molecule has 0 aromatic carbocycles. The van der Waals surface area contributed by atoms with Gasteiger partial charge in [0.25, 0.3) is 0 Å². The Morgan fingerprint density at radius 1 is 1.50 bits per heavy atom. The predicted molar refractivity (Wildman–Crippen MR) is 47.3 cm³/mol. The van der Waals surface area contributed by atoms with Crippen LogP contribution in [0.25, 0.3) is 0 Å². The van der Waals surface area contributed by atoms with Gasteiger partial charge >= 0.3 is 18.0 Å². The first-order chi connectivity index (χ1) is 1.41. The zero-order valence-electron chi connectivity index (χ0n) is 4.20. The fourth-order valence-electron chi connectivity index (χ4n) is 0. The number of hydrogen-bond donors (Lipinski definition) is 0. The maximum atomic E-state index is 3.36. The van der Waals surface area contributed by atoms with E-state index in [4.69, 9.17) is 0 Å². The molecule has 0 rings (SSSR count). The van der Waals surface area contributed by atoms with Crippen molar-refractivity contribution in [3.63, 3.8) is 0 Å². The van der Waals surface area contributed by atoms with E-state index < -0.39 is 0 Å². The van der Waals surface area contributed by atoms with Crippen LogP contribution in [-0.4, -0.2) is 18.0 Å². The summed E-state index contributed by atoms with van der Waals surface area (Å²) in [6, 6.07) is 0. The average molecular weight is 188 g/mol. The van der Waals surface area contributed by atoms with Gasteiger partial charge in [0.1, 0.15) is 0 Å². The second-order valence-corrected chi connectivity index (χ2v) is 0.408. The molecule has 2 atom stereocenters. The summed E-state index contributed by atoms with van der Waals surface area (Å²) in [6.45, 7) is 5.25. The molecular formula is C3H14AsPS. The van der Waals surface area contributed by atoms with Crippen LogP contribution in [0, 0.1) is 0 Å². The summed E-state index contributed by atoms with van der Waals surface area (Å²) in [6.07, 6.45) is 1.75. The Morgan fingerprint density at radius 2 is 1.50 bits per heavy atom. The third-order valence-electron chi connectivity index (χ3n) is 0. The van der Waals surface area contributed by atoms with Crippen molar-refractivity contribution in [2.75, 3.05) is 0 Å². The average Bonchev–Trinajstić information content (AvgIpc) is 0.918. The fourth-order valence-corrected chi connectivity index (χ4v) is 0. The molecule has 0 aromatic rings. The Bertz CT molecular complexity index is 18.3. The van der Waals surface area contributed by atoms with Crippen molar-refractivity contribution in [2.24, 2.45) is 0 Å². The van der Waals surface area contributed by atoms with E-state index >= 15 is 0 Å². The Labute approximate surface area is 61.2 Å². The first-order valence-electron chi connectivity index (χ1n) is 0.986. The van der Waals surface area contributed by atoms with Gasteiger partial charge in [-0.15, -0.1) is 6.58 Å². The molecule has 0 bridgehead atoms. The van der Waals surface area contributed by atoms with E-state index in [1.807, 2.05) is 6.92 Å². The SMILES string of the molecule is C=CC.P.S.[AsH3]. The van der Waals surface area contributed by atoms with E-state index in [2.05, 4.69) is 6.58 Å². The fraction of sp³-hybridized carbons (Fsp3) is 0.333. The van der Waals surface area contributed by atoms with Crippen LogP contribution in [0.5, 0.6) is 0 Å². The van der Waals surface area contributed by atoms with E-state index in [0.29, 0.717) is 0 Å². The van der Waals surface area contributed by atoms with Gasteiger partial charge in [-0.05, 0) is 6.92 Å². The van der Waals surface area contributed by atoms with Crippen LogP contribution in [0.2, 0.25) is 0 Å². The molecule has 0 saturated heterocycles. The zero-order valence-corrected chi connectivity index (χ0v) is 9.58. The Hall–Kier alpha value is 1.08. The molecule has 0 nitrogen and oxygen atoms in total. The maximum absolute atomic E-state index is 3.36. The summed E-state index contributed by atoms with van der Waals surface area (Å²) in [5.41, 5.74) is 0. The van der Waals surface area contributed by atoms with Crippen molar-refractivity contribution in [3.8, 4) is 0 Å². The Morgan fingerprint density at radius 3 is 1.50 bits per heavy atom. The molecule has 42 valence electrons. The van der Waals surface area contributed by atoms with Crippen molar-refractivity contribution < 1.29 is 0 Å². The van der Waals surface area contributed by atoms with E-state index in [-0.39, 0.29) is 41.3 Å². The minimum atomic E-state index is 0. The van der Waals surface area contributed by atoms with Crippen molar-refractivity contribution >= 4 is 41.3 Å². The first-order valence-corrected chi connectivity index (χ1v) is 0.986. The molecule has 0 spiro atoms. The van der Waals surface area contributed by atoms with Gasteiger partial charge in [0.2, 0.25) is 0 Å². The monoisotopic (exact) mass is 188 g/mol. The van der Waals surface area contributed by atoms with Crippen molar-refractivity contribution in [2.45, 2.75) is 6.92 Å². The Kier molecular flexibility index (Phi) is 167. The van der Waals surface area contributed by atoms with Gasteiger partial charge in [-0.25, -0.2) is 0 Å². The van der Waals surface area contributed by atoms with Gasteiger partial charge in [-0.3, -0.25) is 0 Å². The van der Waals surface area contributed by atoms with Gasteiger partial charge in [-0.1, -0.05) is 6.08 Å². The second-order valence-electron chi connectivity index (χ2n) is 0.408. The Balaban J connectivity index is -0.00000000667. The molecule has 0 fully saturated rings. The summed E-state index contributed by atoms with van der Waals surface area (Å²) in [7, 11) is 0. The summed E-state index contributed by atoms with van der Waals surface area (Å²) in [4.78, 5) is 0. The molecule has 6 heavy (non-hydrogen) atoms. The number of allylic oxidation sites excluding steroid dienone is 1. The number of hydrogen-bond acceptors (Lipinski definition) is 0. The van der Waals surface area contributed by atoms with Crippen molar-refractivity contribution in [1.29, 1.82) is 0 Å². The molecule has 2 unspecified atom stereocenters. The summed E-state index contributed by atoms with van der Waals surface area (Å²) >= 11 is 0. The van der Waals surface area contributed by atoms with Crippen molar-refractivity contribution in [1.82, 2.24) is 0 Å². The third kappa shape index (κ3) is 72.6. The van der Waals surface area contributed by atoms with Crippen LogP contribution >= 0.6 is 23.4 Å². The normalized spacial score (nSPS) is 2.17. The van der Waals surface area contributed by atoms with E-state index in [0.717, 1.165) is 0 Å². The third-order valence-corrected chi connectivity index (χ3v) is 0. The molecule has 0 aliphatic rings. The van der Waals surface area contributed by atoms with Crippen LogP contribution < -0.4 is 0 Å². The van der Waals surface area contributed by atoms with E-state index in [1.54, 1.807) is 6.08 Å². The van der Waals surface area contributed by atoms with Crippen LogP contribution in [0.1, 0.15) is 6.92 Å². The van der Waals surface area contributed by atoms with Gasteiger partial charge in [0, 0.05) is 0 Å². The molecule has 3 heteroatoms. The van der Waals surface area contributed by atoms with E-state index in [9.17, 15) is 0 Å². The molecule has 0 aliphatic carbocycles. The topological polar surface area (TPSA) is 0 Å². The van der Waals surface area contributed by atoms with Crippen LogP contribution in [0.3, 0.4) is 0 Å². The van der Waals surface area contributed by atoms with Gasteiger partial charge < -0.3 is 0 Å². The van der Waals surface area contributed by atoms with Gasteiger partial charge in [0.15, 0.2) is 0 Å². The zero-order chi connectivity index (χ0) is 2.71. The summed E-state index contributed by atoms with van der Waals surface area (Å²) < 4.78 is 0. The first kappa shape index (κ1) is 27.6. The molecule has 0 aliphatic heterocycles. The summed E-state index contributed by atoms with van der Waals surface area (Å²) in [5.74, 6) is 0.